The summed E-state index contributed by atoms with van der Waals surface area (Å²) in [4.78, 5) is 31.7. The van der Waals surface area contributed by atoms with Crippen LogP contribution in [0, 0.1) is 0 Å². The predicted molar refractivity (Wildman–Crippen MR) is 294 cm³/mol. The molecule has 0 amide bonds. The standard InChI is InChI=1S/C66H42N8/c1-5-19-41(20-6-1)63-67-55(39-57(69-63)65-71-53-29-15-17-31-59(53)73(65)45-23-9-3-10-24-45)43-33-35-49-51(37-43)61-47-27-13-14-28-48(47)62(49)52-38-44(34-36-50(52)61)56-40-58(70-64(68-56)42-21-7-2-8-22-42)66-72-54-30-16-18-32-60(54)74(66)46-25-11-4-12-26-46/h1-40,61-62H. The molecule has 4 heterocycles. The molecule has 0 N–H and O–H groups in total. The summed E-state index contributed by atoms with van der Waals surface area (Å²) in [6.07, 6.45) is 0. The maximum absolute atomic E-state index is 5.33. The van der Waals surface area contributed by atoms with E-state index in [9.17, 15) is 0 Å². The van der Waals surface area contributed by atoms with E-state index in [0.717, 1.165) is 90.1 Å². The Morgan fingerprint density at radius 3 is 1.04 bits per heavy atom. The smallest absolute Gasteiger partial charge is 0.164 e. The summed E-state index contributed by atoms with van der Waals surface area (Å²) in [6, 6.07) is 84.9. The first-order chi connectivity index (χ1) is 36.7. The molecule has 0 saturated heterocycles. The van der Waals surface area contributed by atoms with Gasteiger partial charge in [0.25, 0.3) is 0 Å². The largest absolute Gasteiger partial charge is 0.291 e. The molecule has 4 aromatic heterocycles. The lowest BCUT2D eigenvalue weighted by Crippen LogP contribution is -2.27. The Labute approximate surface area is 426 Å². The van der Waals surface area contributed by atoms with Crippen LogP contribution in [0.2, 0.25) is 0 Å². The zero-order valence-electron chi connectivity index (χ0n) is 39.8. The Kier molecular flexibility index (Phi) is 9.53. The van der Waals surface area contributed by atoms with Gasteiger partial charge in [-0.25, -0.2) is 29.9 Å². The second kappa shape index (κ2) is 16.9. The van der Waals surface area contributed by atoms with Gasteiger partial charge in [-0.2, -0.15) is 0 Å². The third-order valence-corrected chi connectivity index (χ3v) is 14.8. The number of nitrogens with zero attached hydrogens (tertiary/aromatic N) is 8. The van der Waals surface area contributed by atoms with Crippen molar-refractivity contribution in [3.8, 4) is 79.7 Å². The lowest BCUT2D eigenvalue weighted by Gasteiger charge is -2.42. The van der Waals surface area contributed by atoms with Gasteiger partial charge >= 0.3 is 0 Å². The molecule has 74 heavy (non-hydrogen) atoms. The van der Waals surface area contributed by atoms with E-state index in [4.69, 9.17) is 29.9 Å². The maximum atomic E-state index is 5.33. The number of hydrogen-bond donors (Lipinski definition) is 0. The number of imidazole rings is 2. The fourth-order valence-corrected chi connectivity index (χ4v) is 11.5. The van der Waals surface area contributed by atoms with Crippen molar-refractivity contribution >= 4 is 22.1 Å². The van der Waals surface area contributed by atoms with E-state index < -0.39 is 0 Å². The summed E-state index contributed by atoms with van der Waals surface area (Å²) in [5.74, 6) is 2.84. The Hall–Kier alpha value is -9.92. The van der Waals surface area contributed by atoms with E-state index in [1.807, 2.05) is 60.7 Å². The normalized spacial score (nSPS) is 14.2. The van der Waals surface area contributed by atoms with Crippen LogP contribution in [0.1, 0.15) is 45.2 Å². The number of hydrogen-bond acceptors (Lipinski definition) is 6. The van der Waals surface area contributed by atoms with Crippen LogP contribution in [-0.4, -0.2) is 39.0 Å². The molecule has 346 valence electrons. The molecule has 0 aliphatic heterocycles. The van der Waals surface area contributed by atoms with Crippen LogP contribution in [0.3, 0.4) is 0 Å². The number of fused-ring (bicyclic) bond motifs is 2. The molecule has 9 aromatic carbocycles. The van der Waals surface area contributed by atoms with Crippen LogP contribution in [0.5, 0.6) is 0 Å². The predicted octanol–water partition coefficient (Wildman–Crippen LogP) is 14.9. The van der Waals surface area contributed by atoms with E-state index in [-0.39, 0.29) is 11.8 Å². The van der Waals surface area contributed by atoms with Gasteiger partial charge in [0.05, 0.1) is 33.5 Å². The van der Waals surface area contributed by atoms with Crippen molar-refractivity contribution in [3.05, 3.63) is 276 Å². The first kappa shape index (κ1) is 41.8. The van der Waals surface area contributed by atoms with Crippen molar-refractivity contribution in [2.24, 2.45) is 0 Å². The Bertz CT molecular complexity index is 4040. The molecule has 8 heteroatoms. The van der Waals surface area contributed by atoms with E-state index in [0.29, 0.717) is 11.6 Å². The van der Waals surface area contributed by atoms with Crippen LogP contribution in [0.25, 0.3) is 102 Å². The zero-order chi connectivity index (χ0) is 48.7. The topological polar surface area (TPSA) is 87.2 Å². The summed E-state index contributed by atoms with van der Waals surface area (Å²) in [5.41, 5.74) is 20.8. The molecule has 2 atom stereocenters. The highest BCUT2D eigenvalue weighted by Gasteiger charge is 2.41. The zero-order valence-corrected chi connectivity index (χ0v) is 39.8. The minimum atomic E-state index is 0.0130. The number of aromatic nitrogens is 8. The molecule has 0 saturated carbocycles. The molecule has 8 nitrogen and oxygen atoms in total. The first-order valence-corrected chi connectivity index (χ1v) is 25.0. The summed E-state index contributed by atoms with van der Waals surface area (Å²) in [5, 5.41) is 0. The summed E-state index contributed by atoms with van der Waals surface area (Å²) >= 11 is 0. The first-order valence-electron chi connectivity index (χ1n) is 25.0. The van der Waals surface area contributed by atoms with Crippen LogP contribution < -0.4 is 0 Å². The van der Waals surface area contributed by atoms with E-state index in [1.54, 1.807) is 0 Å². The molecular weight excluding hydrogens is 905 g/mol. The van der Waals surface area contributed by atoms with Crippen LogP contribution in [0.15, 0.2) is 243 Å². The Morgan fingerprint density at radius 1 is 0.257 bits per heavy atom. The molecule has 0 radical (unpaired) electrons. The van der Waals surface area contributed by atoms with Crippen molar-refractivity contribution < 1.29 is 0 Å². The fourth-order valence-electron chi connectivity index (χ4n) is 11.5. The highest BCUT2D eigenvalue weighted by atomic mass is 15.1. The van der Waals surface area contributed by atoms with Crippen molar-refractivity contribution in [2.45, 2.75) is 11.8 Å². The van der Waals surface area contributed by atoms with Gasteiger partial charge in [0.1, 0.15) is 11.4 Å². The number of rotatable bonds is 8. The molecule has 13 aromatic rings. The van der Waals surface area contributed by atoms with Gasteiger partial charge in [-0.05, 0) is 106 Å². The molecule has 2 unspecified atom stereocenters. The summed E-state index contributed by atoms with van der Waals surface area (Å²) in [6.45, 7) is 0. The maximum Gasteiger partial charge on any atom is 0.164 e. The molecule has 0 spiro atoms. The quantitative estimate of drug-likeness (QED) is 0.151. The Balaban J connectivity index is 0.877. The molecule has 3 aliphatic rings. The van der Waals surface area contributed by atoms with Crippen molar-refractivity contribution in [2.75, 3.05) is 0 Å². The van der Waals surface area contributed by atoms with Gasteiger partial charge in [-0.1, -0.05) is 170 Å². The van der Waals surface area contributed by atoms with E-state index >= 15 is 0 Å². The highest BCUT2D eigenvalue weighted by Crippen LogP contribution is 2.57. The minimum absolute atomic E-state index is 0.0130. The third-order valence-electron chi connectivity index (χ3n) is 14.8. The molecule has 2 bridgehead atoms. The summed E-state index contributed by atoms with van der Waals surface area (Å²) < 4.78 is 4.41. The SMILES string of the molecule is c1ccc(-c2nc(-c3ccc4c(c3)C3c5ccccc5C4c4cc(-c5cc(-c6nc7ccccc7n6-c6ccccc6)nc(-c6ccccc6)n5)ccc43)cc(-c3nc4ccccc4n3-c3ccccc3)n2)cc1. The Morgan fingerprint density at radius 2 is 0.608 bits per heavy atom. The lowest BCUT2D eigenvalue weighted by molar-refractivity contribution is 0.755. The molecule has 0 fully saturated rings. The van der Waals surface area contributed by atoms with Crippen LogP contribution in [-0.2, 0) is 0 Å². The van der Waals surface area contributed by atoms with E-state index in [2.05, 4.69) is 191 Å². The van der Waals surface area contributed by atoms with Gasteiger partial charge in [0.2, 0.25) is 0 Å². The van der Waals surface area contributed by atoms with Gasteiger partial charge in [-0.3, -0.25) is 9.13 Å². The fraction of sp³-hybridized carbons (Fsp3) is 0.0303. The molecule has 3 aliphatic carbocycles. The van der Waals surface area contributed by atoms with Crippen molar-refractivity contribution in [1.82, 2.24) is 39.0 Å². The van der Waals surface area contributed by atoms with Gasteiger partial charge in [0, 0.05) is 45.5 Å². The monoisotopic (exact) mass is 946 g/mol. The average molecular weight is 947 g/mol. The summed E-state index contributed by atoms with van der Waals surface area (Å²) in [7, 11) is 0. The minimum Gasteiger partial charge on any atom is -0.291 e. The van der Waals surface area contributed by atoms with Gasteiger partial charge in [-0.15, -0.1) is 0 Å². The van der Waals surface area contributed by atoms with Gasteiger partial charge in [0.15, 0.2) is 23.3 Å². The van der Waals surface area contributed by atoms with Crippen LogP contribution in [0.4, 0.5) is 0 Å². The van der Waals surface area contributed by atoms with Gasteiger partial charge < -0.3 is 0 Å². The van der Waals surface area contributed by atoms with Crippen molar-refractivity contribution in [1.29, 1.82) is 0 Å². The van der Waals surface area contributed by atoms with E-state index in [1.165, 1.54) is 33.4 Å². The van der Waals surface area contributed by atoms with Crippen LogP contribution >= 0.6 is 0 Å². The second-order valence-electron chi connectivity index (χ2n) is 19.0. The highest BCUT2D eigenvalue weighted by molar-refractivity contribution is 5.86. The van der Waals surface area contributed by atoms with Crippen molar-refractivity contribution in [3.63, 3.8) is 0 Å². The number of para-hydroxylation sites is 6. The average Bonchev–Trinajstić information content (AvgIpc) is 4.10. The lowest BCUT2D eigenvalue weighted by atomic mass is 9.60. The second-order valence-corrected chi connectivity index (χ2v) is 19.0. The number of benzene rings is 9. The molecule has 16 rings (SSSR count). The molecular formula is C66H42N8. The third kappa shape index (κ3) is 6.76.